The first kappa shape index (κ1) is 16.8. The number of hydrogen-bond acceptors (Lipinski definition) is 5. The Morgan fingerprint density at radius 2 is 2.00 bits per heavy atom. The number of sulfonamides is 1. The quantitative estimate of drug-likeness (QED) is 0.491. The normalized spacial score (nSPS) is 11.4. The van der Waals surface area contributed by atoms with Crippen LogP contribution in [-0.4, -0.2) is 19.6 Å². The first-order valence-electron chi connectivity index (χ1n) is 6.45. The van der Waals surface area contributed by atoms with Crippen LogP contribution in [0.15, 0.2) is 36.4 Å². The molecule has 0 saturated carbocycles. The summed E-state index contributed by atoms with van der Waals surface area (Å²) in [6.45, 7) is -0.0988. The van der Waals surface area contributed by atoms with E-state index in [1.165, 1.54) is 36.4 Å². The predicted molar refractivity (Wildman–Crippen MR) is 84.6 cm³/mol. The molecule has 0 bridgehead atoms. The zero-order chi connectivity index (χ0) is 17.2. The van der Waals surface area contributed by atoms with Crippen LogP contribution < -0.4 is 10.5 Å². The van der Waals surface area contributed by atoms with Gasteiger partial charge in [0.15, 0.2) is 0 Å². The Balaban J connectivity index is 2.46. The van der Waals surface area contributed by atoms with Gasteiger partial charge in [0, 0.05) is 18.2 Å². The van der Waals surface area contributed by atoms with E-state index in [1.54, 1.807) is 0 Å². The molecule has 0 aromatic heterocycles. The van der Waals surface area contributed by atoms with Gasteiger partial charge in [0.25, 0.3) is 5.69 Å². The molecule has 0 atom stereocenters. The molecule has 2 aromatic carbocycles. The van der Waals surface area contributed by atoms with Gasteiger partial charge in [-0.2, -0.15) is 0 Å². The molecule has 122 valence electrons. The van der Waals surface area contributed by atoms with Crippen LogP contribution in [0.2, 0.25) is 0 Å². The Hall–Kier alpha value is -2.52. The third-order valence-electron chi connectivity index (χ3n) is 3.09. The largest absolute Gasteiger partial charge is 0.393 e. The molecule has 2 aromatic rings. The van der Waals surface area contributed by atoms with E-state index in [-0.39, 0.29) is 17.9 Å². The number of nitrogens with zero attached hydrogens (tertiary/aromatic N) is 1. The molecule has 0 radical (unpaired) electrons. The molecule has 7 nitrogen and oxygen atoms in total. The molecular formula is C14H14FN3O4S. The molecule has 9 heteroatoms. The monoisotopic (exact) mass is 339 g/mol. The third kappa shape index (κ3) is 4.24. The van der Waals surface area contributed by atoms with E-state index in [2.05, 4.69) is 4.72 Å². The highest BCUT2D eigenvalue weighted by molar-refractivity contribution is 7.88. The maximum Gasteiger partial charge on any atom is 0.292 e. The van der Waals surface area contributed by atoms with Crippen molar-refractivity contribution in [2.24, 2.45) is 0 Å². The maximum atomic E-state index is 13.8. The fourth-order valence-corrected chi connectivity index (χ4v) is 2.52. The highest BCUT2D eigenvalue weighted by atomic mass is 32.2. The highest BCUT2D eigenvalue weighted by Crippen LogP contribution is 2.33. The first-order chi connectivity index (χ1) is 10.7. The van der Waals surface area contributed by atoms with Gasteiger partial charge in [-0.3, -0.25) is 10.1 Å². The number of benzene rings is 2. The summed E-state index contributed by atoms with van der Waals surface area (Å²) >= 11 is 0. The first-order valence-corrected chi connectivity index (χ1v) is 8.34. The van der Waals surface area contributed by atoms with Gasteiger partial charge in [-0.1, -0.05) is 12.1 Å². The fraction of sp³-hybridized carbons (Fsp3) is 0.143. The highest BCUT2D eigenvalue weighted by Gasteiger charge is 2.16. The van der Waals surface area contributed by atoms with Crippen LogP contribution in [0, 0.1) is 15.9 Å². The Kier molecular flexibility index (Phi) is 4.62. The Labute approximate surface area is 132 Å². The van der Waals surface area contributed by atoms with E-state index in [9.17, 15) is 22.9 Å². The Morgan fingerprint density at radius 3 is 2.61 bits per heavy atom. The number of nitro groups is 1. The van der Waals surface area contributed by atoms with Crippen LogP contribution in [0.3, 0.4) is 0 Å². The summed E-state index contributed by atoms with van der Waals surface area (Å²) < 4.78 is 38.3. The second-order valence-electron chi connectivity index (χ2n) is 4.94. The number of hydrogen-bond donors (Lipinski definition) is 2. The molecule has 3 N–H and O–H groups in total. The van der Waals surface area contributed by atoms with Gasteiger partial charge in [0.2, 0.25) is 10.0 Å². The molecule has 0 heterocycles. The number of nitrogens with one attached hydrogen (secondary N) is 1. The van der Waals surface area contributed by atoms with Gasteiger partial charge in [0.05, 0.1) is 11.2 Å². The summed E-state index contributed by atoms with van der Waals surface area (Å²) in [5, 5.41) is 10.9. The number of halogens is 1. The van der Waals surface area contributed by atoms with Crippen LogP contribution >= 0.6 is 0 Å². The summed E-state index contributed by atoms with van der Waals surface area (Å²) in [7, 11) is -3.43. The standard InChI is InChI=1S/C14H14FN3O4S/c1-23(21,22)17-8-9-5-10(7-11(15)6-9)12-3-2-4-13(14(12)16)18(19)20/h2-7,17H,8,16H2,1H3. The lowest BCUT2D eigenvalue weighted by molar-refractivity contribution is -0.383. The smallest absolute Gasteiger partial charge is 0.292 e. The summed E-state index contributed by atoms with van der Waals surface area (Å²) in [5.74, 6) is -0.598. The van der Waals surface area contributed by atoms with Crippen molar-refractivity contribution in [1.29, 1.82) is 0 Å². The van der Waals surface area contributed by atoms with Gasteiger partial charge in [-0.05, 0) is 29.3 Å². The van der Waals surface area contributed by atoms with Gasteiger partial charge in [0.1, 0.15) is 11.5 Å². The van der Waals surface area contributed by atoms with Crippen LogP contribution in [0.4, 0.5) is 15.8 Å². The average Bonchev–Trinajstić information content (AvgIpc) is 2.43. The molecule has 0 aliphatic heterocycles. The molecule has 23 heavy (non-hydrogen) atoms. The predicted octanol–water partition coefficient (Wildman–Crippen LogP) is 2.03. The molecule has 0 aliphatic rings. The topological polar surface area (TPSA) is 115 Å². The zero-order valence-corrected chi connectivity index (χ0v) is 12.9. The number of nitrogen functional groups attached to an aromatic ring is 1. The number of nitro benzene ring substituents is 1. The van der Waals surface area contributed by atoms with E-state index in [0.717, 1.165) is 6.26 Å². The molecule has 0 aliphatic carbocycles. The average molecular weight is 339 g/mol. The number of anilines is 1. The van der Waals surface area contributed by atoms with Crippen molar-refractivity contribution in [3.8, 4) is 11.1 Å². The summed E-state index contributed by atoms with van der Waals surface area (Å²) in [4.78, 5) is 10.3. The Morgan fingerprint density at radius 1 is 1.30 bits per heavy atom. The van der Waals surface area contributed by atoms with E-state index in [4.69, 9.17) is 5.73 Å². The van der Waals surface area contributed by atoms with Crippen molar-refractivity contribution in [3.63, 3.8) is 0 Å². The lowest BCUT2D eigenvalue weighted by Crippen LogP contribution is -2.21. The number of para-hydroxylation sites is 1. The van der Waals surface area contributed by atoms with Crippen LogP contribution in [-0.2, 0) is 16.6 Å². The second-order valence-corrected chi connectivity index (χ2v) is 6.77. The lowest BCUT2D eigenvalue weighted by atomic mass is 10.0. The zero-order valence-electron chi connectivity index (χ0n) is 12.1. The van der Waals surface area contributed by atoms with Crippen molar-refractivity contribution in [3.05, 3.63) is 57.9 Å². The molecule has 0 fully saturated rings. The minimum absolute atomic E-state index is 0.0786. The van der Waals surface area contributed by atoms with Crippen molar-refractivity contribution in [2.75, 3.05) is 12.0 Å². The van der Waals surface area contributed by atoms with Crippen molar-refractivity contribution < 1.29 is 17.7 Å². The maximum absolute atomic E-state index is 13.8. The molecule has 0 saturated heterocycles. The molecule has 2 rings (SSSR count). The Bertz CT molecular complexity index is 868. The molecule has 0 unspecified atom stereocenters. The fourth-order valence-electron chi connectivity index (χ4n) is 2.09. The molecule has 0 spiro atoms. The van der Waals surface area contributed by atoms with E-state index in [1.807, 2.05) is 0 Å². The second kappa shape index (κ2) is 6.31. The molecule has 0 amide bonds. The van der Waals surface area contributed by atoms with Gasteiger partial charge in [-0.25, -0.2) is 17.5 Å². The SMILES string of the molecule is CS(=O)(=O)NCc1cc(F)cc(-c2cccc([N+](=O)[O-])c2N)c1. The third-order valence-corrected chi connectivity index (χ3v) is 3.76. The van der Waals surface area contributed by atoms with Crippen molar-refractivity contribution in [1.82, 2.24) is 4.72 Å². The van der Waals surface area contributed by atoms with Crippen molar-refractivity contribution >= 4 is 21.4 Å². The van der Waals surface area contributed by atoms with E-state index >= 15 is 0 Å². The van der Waals surface area contributed by atoms with E-state index < -0.39 is 20.8 Å². The lowest BCUT2D eigenvalue weighted by Gasteiger charge is -2.09. The minimum atomic E-state index is -3.43. The van der Waals surface area contributed by atoms with Gasteiger partial charge in [-0.15, -0.1) is 0 Å². The number of nitrogens with two attached hydrogens (primary N) is 1. The van der Waals surface area contributed by atoms with Gasteiger partial charge < -0.3 is 5.73 Å². The number of rotatable bonds is 5. The van der Waals surface area contributed by atoms with Crippen LogP contribution in [0.1, 0.15) is 5.56 Å². The minimum Gasteiger partial charge on any atom is -0.393 e. The van der Waals surface area contributed by atoms with Gasteiger partial charge >= 0.3 is 0 Å². The molecular weight excluding hydrogens is 325 g/mol. The van der Waals surface area contributed by atoms with Crippen LogP contribution in [0.25, 0.3) is 11.1 Å². The summed E-state index contributed by atoms with van der Waals surface area (Å²) in [5.41, 5.74) is 6.44. The van der Waals surface area contributed by atoms with Crippen LogP contribution in [0.5, 0.6) is 0 Å². The summed E-state index contributed by atoms with van der Waals surface area (Å²) in [6, 6.07) is 8.11. The van der Waals surface area contributed by atoms with E-state index in [0.29, 0.717) is 16.7 Å². The van der Waals surface area contributed by atoms with Crippen molar-refractivity contribution in [2.45, 2.75) is 6.54 Å². The summed E-state index contributed by atoms with van der Waals surface area (Å²) in [6.07, 6.45) is 0.992.